The third-order valence-electron chi connectivity index (χ3n) is 5.31. The number of nitrogens with one attached hydrogen (secondary N) is 3. The van der Waals surface area contributed by atoms with Crippen molar-refractivity contribution >= 4 is 17.6 Å². The molecule has 0 spiro atoms. The minimum absolute atomic E-state index is 0.194. The Labute approximate surface area is 189 Å². The van der Waals surface area contributed by atoms with Crippen LogP contribution >= 0.6 is 0 Å². The number of carbonyl (C=O) groups excluding carboxylic acids is 2. The summed E-state index contributed by atoms with van der Waals surface area (Å²) in [4.78, 5) is 27.8. The van der Waals surface area contributed by atoms with Crippen LogP contribution < -0.4 is 20.7 Å². The van der Waals surface area contributed by atoms with Gasteiger partial charge in [-0.2, -0.15) is 0 Å². The number of rotatable bonds is 10. The van der Waals surface area contributed by atoms with Crippen molar-refractivity contribution in [2.24, 2.45) is 0 Å². The molecule has 172 valence electrons. The zero-order valence-electron chi connectivity index (χ0n) is 18.5. The van der Waals surface area contributed by atoms with Crippen molar-refractivity contribution < 1.29 is 19.1 Å². The second kappa shape index (κ2) is 12.7. The maximum atomic E-state index is 12.9. The Bertz CT molecular complexity index is 839. The van der Waals surface area contributed by atoms with Crippen molar-refractivity contribution in [1.29, 1.82) is 0 Å². The van der Waals surface area contributed by atoms with Gasteiger partial charge in [0, 0.05) is 31.7 Å². The number of anilines is 1. The average Bonchev–Trinajstić information content (AvgIpc) is 2.83. The first-order chi connectivity index (χ1) is 15.6. The van der Waals surface area contributed by atoms with Gasteiger partial charge in [-0.15, -0.1) is 0 Å². The Balaban J connectivity index is 1.52. The van der Waals surface area contributed by atoms with Gasteiger partial charge in [0.05, 0.1) is 20.3 Å². The molecule has 0 aliphatic carbocycles. The predicted octanol–water partition coefficient (Wildman–Crippen LogP) is 2.27. The van der Waals surface area contributed by atoms with Crippen molar-refractivity contribution in [2.45, 2.75) is 18.9 Å². The van der Waals surface area contributed by atoms with Crippen LogP contribution in [0.1, 0.15) is 12.0 Å². The predicted molar refractivity (Wildman–Crippen MR) is 124 cm³/mol. The number of methoxy groups -OCH3 is 1. The van der Waals surface area contributed by atoms with Gasteiger partial charge in [-0.25, -0.2) is 4.79 Å². The molecule has 0 aromatic heterocycles. The Hall–Kier alpha value is -3.10. The second-order valence-corrected chi connectivity index (χ2v) is 7.67. The fourth-order valence-corrected chi connectivity index (χ4v) is 3.52. The molecule has 3 N–H and O–H groups in total. The quantitative estimate of drug-likeness (QED) is 0.493. The zero-order valence-corrected chi connectivity index (χ0v) is 18.5. The molecular weight excluding hydrogens is 408 g/mol. The van der Waals surface area contributed by atoms with E-state index in [1.54, 1.807) is 31.4 Å². The number of amides is 3. The molecule has 1 atom stereocenters. The molecule has 1 heterocycles. The summed E-state index contributed by atoms with van der Waals surface area (Å²) < 4.78 is 10.5. The zero-order chi connectivity index (χ0) is 22.6. The summed E-state index contributed by atoms with van der Waals surface area (Å²) in [5.41, 5.74) is 1.60. The molecule has 1 fully saturated rings. The molecule has 8 nitrogen and oxygen atoms in total. The van der Waals surface area contributed by atoms with Crippen LogP contribution in [0.4, 0.5) is 10.5 Å². The molecule has 0 radical (unpaired) electrons. The molecule has 3 rings (SSSR count). The summed E-state index contributed by atoms with van der Waals surface area (Å²) in [6.07, 6.45) is 1.26. The highest BCUT2D eigenvalue weighted by molar-refractivity contribution is 5.93. The normalized spacial score (nSPS) is 14.9. The van der Waals surface area contributed by atoms with Gasteiger partial charge < -0.3 is 25.4 Å². The van der Waals surface area contributed by atoms with Crippen molar-refractivity contribution in [3.05, 3.63) is 60.2 Å². The number of hydrogen-bond donors (Lipinski definition) is 3. The van der Waals surface area contributed by atoms with Crippen molar-refractivity contribution in [3.8, 4) is 5.75 Å². The first-order valence-electron chi connectivity index (χ1n) is 11.0. The number of ether oxygens (including phenoxy) is 2. The molecule has 32 heavy (non-hydrogen) atoms. The fraction of sp³-hybridized carbons (Fsp3) is 0.417. The molecule has 0 bridgehead atoms. The van der Waals surface area contributed by atoms with Gasteiger partial charge in [0.1, 0.15) is 11.8 Å². The Morgan fingerprint density at radius 2 is 1.78 bits per heavy atom. The summed E-state index contributed by atoms with van der Waals surface area (Å²) in [5, 5.41) is 8.55. The van der Waals surface area contributed by atoms with Crippen LogP contribution in [0.2, 0.25) is 0 Å². The molecule has 1 unspecified atom stereocenters. The third-order valence-corrected chi connectivity index (χ3v) is 5.31. The van der Waals surface area contributed by atoms with E-state index in [0.29, 0.717) is 24.4 Å². The Kier molecular flexibility index (Phi) is 9.34. The van der Waals surface area contributed by atoms with Crippen LogP contribution in [0.3, 0.4) is 0 Å². The lowest BCUT2D eigenvalue weighted by Gasteiger charge is -2.26. The maximum Gasteiger partial charge on any atom is 0.319 e. The molecule has 0 saturated carbocycles. The first-order valence-corrected chi connectivity index (χ1v) is 11.0. The summed E-state index contributed by atoms with van der Waals surface area (Å²) in [6, 6.07) is 15.6. The van der Waals surface area contributed by atoms with Crippen LogP contribution in [0.5, 0.6) is 5.75 Å². The number of carbonyl (C=O) groups is 2. The molecule has 1 aliphatic rings. The third kappa shape index (κ3) is 7.86. The molecule has 3 amide bonds. The lowest BCUT2D eigenvalue weighted by molar-refractivity contribution is -0.122. The van der Waals surface area contributed by atoms with E-state index in [4.69, 9.17) is 9.47 Å². The number of benzene rings is 2. The van der Waals surface area contributed by atoms with Crippen LogP contribution in [-0.4, -0.2) is 69.4 Å². The smallest absolute Gasteiger partial charge is 0.319 e. The summed E-state index contributed by atoms with van der Waals surface area (Å²) in [5.74, 6) is 0.509. The van der Waals surface area contributed by atoms with E-state index in [1.165, 1.54) is 0 Å². The highest BCUT2D eigenvalue weighted by atomic mass is 16.5. The molecule has 2 aromatic carbocycles. The molecule has 1 saturated heterocycles. The highest BCUT2D eigenvalue weighted by Crippen LogP contribution is 2.15. The number of urea groups is 1. The molecule has 2 aromatic rings. The summed E-state index contributed by atoms with van der Waals surface area (Å²) in [6.45, 7) is 4.86. The lowest BCUT2D eigenvalue weighted by atomic mass is 10.1. The van der Waals surface area contributed by atoms with Gasteiger partial charge in [0.25, 0.3) is 0 Å². The van der Waals surface area contributed by atoms with Crippen molar-refractivity contribution in [2.75, 3.05) is 51.8 Å². The monoisotopic (exact) mass is 440 g/mol. The number of nitrogens with zero attached hydrogens (tertiary/aromatic N) is 1. The van der Waals surface area contributed by atoms with Crippen LogP contribution in [-0.2, 0) is 16.0 Å². The molecule has 8 heteroatoms. The second-order valence-electron chi connectivity index (χ2n) is 7.67. The van der Waals surface area contributed by atoms with E-state index in [0.717, 1.165) is 44.8 Å². The summed E-state index contributed by atoms with van der Waals surface area (Å²) >= 11 is 0. The van der Waals surface area contributed by atoms with E-state index in [-0.39, 0.29) is 5.91 Å². The standard InChI is InChI=1S/C24H32N4O4/c1-31-21-10-8-20(9-11-21)26-24(30)27-22(18-19-6-3-2-4-7-19)23(29)25-12-5-13-28-14-16-32-17-15-28/h2-4,6-11,22H,5,12-18H2,1H3,(H,25,29)(H2,26,27,30). The van der Waals surface area contributed by atoms with E-state index >= 15 is 0 Å². The number of morpholine rings is 1. The van der Waals surface area contributed by atoms with Crippen LogP contribution in [0.25, 0.3) is 0 Å². The van der Waals surface area contributed by atoms with Gasteiger partial charge in [0.15, 0.2) is 0 Å². The summed E-state index contributed by atoms with van der Waals surface area (Å²) in [7, 11) is 1.59. The van der Waals surface area contributed by atoms with E-state index in [9.17, 15) is 9.59 Å². The van der Waals surface area contributed by atoms with Gasteiger partial charge in [-0.05, 0) is 42.8 Å². The van der Waals surface area contributed by atoms with E-state index in [1.807, 2.05) is 30.3 Å². The SMILES string of the molecule is COc1ccc(NC(=O)NC(Cc2ccccc2)C(=O)NCCCN2CCOCC2)cc1. The topological polar surface area (TPSA) is 91.9 Å². The largest absolute Gasteiger partial charge is 0.497 e. The van der Waals surface area contributed by atoms with Gasteiger partial charge >= 0.3 is 6.03 Å². The Morgan fingerprint density at radius 3 is 2.47 bits per heavy atom. The fourth-order valence-electron chi connectivity index (χ4n) is 3.52. The Morgan fingerprint density at radius 1 is 1.06 bits per heavy atom. The van der Waals surface area contributed by atoms with Gasteiger partial charge in [-0.3, -0.25) is 9.69 Å². The molecule has 1 aliphatic heterocycles. The average molecular weight is 441 g/mol. The van der Waals surface area contributed by atoms with Crippen LogP contribution in [0, 0.1) is 0 Å². The van der Waals surface area contributed by atoms with E-state index < -0.39 is 12.1 Å². The minimum Gasteiger partial charge on any atom is -0.497 e. The van der Waals surface area contributed by atoms with E-state index in [2.05, 4.69) is 20.9 Å². The number of hydrogen-bond acceptors (Lipinski definition) is 5. The highest BCUT2D eigenvalue weighted by Gasteiger charge is 2.21. The van der Waals surface area contributed by atoms with Crippen molar-refractivity contribution in [3.63, 3.8) is 0 Å². The van der Waals surface area contributed by atoms with Gasteiger partial charge in [-0.1, -0.05) is 30.3 Å². The van der Waals surface area contributed by atoms with Crippen LogP contribution in [0.15, 0.2) is 54.6 Å². The molecular formula is C24H32N4O4. The van der Waals surface area contributed by atoms with Gasteiger partial charge in [0.2, 0.25) is 5.91 Å². The first kappa shape index (κ1) is 23.6. The lowest BCUT2D eigenvalue weighted by Crippen LogP contribution is -2.49. The minimum atomic E-state index is -0.681. The van der Waals surface area contributed by atoms with Crippen molar-refractivity contribution in [1.82, 2.24) is 15.5 Å². The maximum absolute atomic E-state index is 12.9.